The predicted octanol–water partition coefficient (Wildman–Crippen LogP) is 7.19. The Morgan fingerprint density at radius 1 is 0.595 bits per heavy atom. The Kier molecular flexibility index (Phi) is 8.32. The molecule has 5 aromatic rings. The summed E-state index contributed by atoms with van der Waals surface area (Å²) in [6.45, 7) is -2.28. The molecule has 0 saturated carbocycles. The Bertz CT molecular complexity index is 1420. The van der Waals surface area contributed by atoms with Gasteiger partial charge in [-0.1, -0.05) is 137 Å². The van der Waals surface area contributed by atoms with Crippen molar-refractivity contribution in [1.82, 2.24) is 0 Å². The average molecular weight is 581 g/mol. The molecule has 0 saturated heterocycles. The third-order valence-electron chi connectivity index (χ3n) is 6.40. The van der Waals surface area contributed by atoms with Gasteiger partial charge in [-0.2, -0.15) is 0 Å². The first-order chi connectivity index (χ1) is 18.2. The lowest BCUT2D eigenvalue weighted by molar-refractivity contribution is 0.107. The van der Waals surface area contributed by atoms with Crippen molar-refractivity contribution in [1.29, 1.82) is 0 Å². The molecule has 0 aromatic heterocycles. The van der Waals surface area contributed by atoms with Gasteiger partial charge in [0.15, 0.2) is 5.78 Å². The van der Waals surface area contributed by atoms with Crippen LogP contribution in [0.5, 0.6) is 0 Å². The highest BCUT2D eigenvalue weighted by molar-refractivity contribution is 9.10. The lowest BCUT2D eigenvalue weighted by atomic mass is 10.2. The Morgan fingerprint density at radius 2 is 1.00 bits per heavy atom. The van der Waals surface area contributed by atoms with Crippen LogP contribution in [0.4, 0.5) is 0 Å². The van der Waals surface area contributed by atoms with Crippen LogP contribution in [-0.2, 0) is 0 Å². The molecule has 182 valence electrons. The number of hydrogen-bond acceptors (Lipinski definition) is 1. The van der Waals surface area contributed by atoms with Crippen LogP contribution in [0.3, 0.4) is 0 Å². The fraction of sp³-hybridized carbons (Fsp3) is 0.0303. The van der Waals surface area contributed by atoms with Gasteiger partial charge in [-0.15, -0.1) is 0 Å². The zero-order valence-corrected chi connectivity index (χ0v) is 23.7. The van der Waals surface area contributed by atoms with E-state index < -0.39 is 14.8 Å². The summed E-state index contributed by atoms with van der Waals surface area (Å²) in [6.07, 6.45) is 0. The molecule has 0 aliphatic carbocycles. The third-order valence-corrected chi connectivity index (χ3v) is 14.8. The number of halogens is 1. The minimum absolute atomic E-state index is 0.0737. The zero-order chi connectivity index (χ0) is 25.5. The highest BCUT2D eigenvalue weighted by atomic mass is 79.9. The minimum atomic E-state index is -2.28. The number of carbonyl (C=O) groups excluding carboxylic acids is 1. The first-order valence-corrected chi connectivity index (χ1v) is 16.5. The molecule has 37 heavy (non-hydrogen) atoms. The van der Waals surface area contributed by atoms with E-state index in [-0.39, 0.29) is 5.78 Å². The van der Waals surface area contributed by atoms with Gasteiger partial charge in [-0.05, 0) is 66.1 Å². The summed E-state index contributed by atoms with van der Waals surface area (Å²) in [4.78, 5) is 13.9. The van der Waals surface area contributed by atoms with E-state index in [1.807, 2.05) is 24.3 Å². The first-order valence-electron chi connectivity index (χ1n) is 12.2. The van der Waals surface area contributed by atoms with Crippen molar-refractivity contribution in [3.8, 4) is 0 Å². The molecule has 5 rings (SSSR count). The van der Waals surface area contributed by atoms with Crippen molar-refractivity contribution < 1.29 is 4.79 Å². The number of benzene rings is 5. The van der Waals surface area contributed by atoms with E-state index in [0.717, 1.165) is 10.4 Å². The second kappa shape index (κ2) is 12.0. The smallest absolute Gasteiger partial charge is 0.186 e. The Labute approximate surface area is 229 Å². The molecule has 0 aliphatic heterocycles. The second-order valence-electron chi connectivity index (χ2n) is 8.78. The van der Waals surface area contributed by atoms with Crippen LogP contribution in [0.15, 0.2) is 150 Å². The highest BCUT2D eigenvalue weighted by Crippen LogP contribution is 2.55. The maximum Gasteiger partial charge on any atom is 0.186 e. The number of rotatable bonds is 8. The molecule has 0 amide bonds. The standard InChI is InChI=1S/C33H27BrOP2/c34-28-23-21-27(22-24-28)33(35)25-37(31-17-9-3-10-18-31,32-19-11-4-12-20-32)26-36(29-13-5-1-6-14-29)30-15-7-2-8-16-30/h1-25H,26H2. The van der Waals surface area contributed by atoms with Gasteiger partial charge in [0, 0.05) is 15.9 Å². The SMILES string of the molecule is O=C(C=P(CP(c1ccccc1)c1ccccc1)(c1ccccc1)c1ccccc1)c1ccc(Br)cc1. The third kappa shape index (κ3) is 5.94. The van der Waals surface area contributed by atoms with Crippen molar-refractivity contribution in [2.24, 2.45) is 0 Å². The maximum atomic E-state index is 13.9. The summed E-state index contributed by atoms with van der Waals surface area (Å²) in [5, 5.41) is 5.10. The van der Waals surface area contributed by atoms with Crippen LogP contribution in [0.1, 0.15) is 10.4 Å². The lowest BCUT2D eigenvalue weighted by Gasteiger charge is -2.32. The number of ketones is 1. The number of Topliss-reactive ketones (excluding diaryl/α,β-unsaturated/α-hetero) is 1. The van der Waals surface area contributed by atoms with E-state index in [2.05, 4.69) is 143 Å². The molecule has 5 aromatic carbocycles. The van der Waals surface area contributed by atoms with Gasteiger partial charge in [-0.25, -0.2) is 0 Å². The van der Waals surface area contributed by atoms with Crippen LogP contribution in [0, 0.1) is 0 Å². The first kappa shape index (κ1) is 25.6. The lowest BCUT2D eigenvalue weighted by Crippen LogP contribution is -2.26. The Hall–Kier alpha value is -3.02. The van der Waals surface area contributed by atoms with Gasteiger partial charge in [0.05, 0.1) is 0 Å². The Morgan fingerprint density at radius 3 is 1.43 bits per heavy atom. The van der Waals surface area contributed by atoms with Crippen LogP contribution < -0.4 is 21.2 Å². The molecule has 0 unspecified atom stereocenters. The molecular formula is C33H27BrOP2. The topological polar surface area (TPSA) is 17.1 Å². The van der Waals surface area contributed by atoms with Gasteiger partial charge in [-0.3, -0.25) is 4.79 Å². The molecule has 1 nitrogen and oxygen atoms in total. The number of carbonyl (C=O) groups is 1. The zero-order valence-electron chi connectivity index (χ0n) is 20.3. The summed E-state index contributed by atoms with van der Waals surface area (Å²) in [7, 11) is -0.732. The molecule has 0 N–H and O–H groups in total. The van der Waals surface area contributed by atoms with Crippen LogP contribution in [0.25, 0.3) is 0 Å². The van der Waals surface area contributed by atoms with Crippen LogP contribution in [0.2, 0.25) is 0 Å². The molecule has 0 radical (unpaired) electrons. The van der Waals surface area contributed by atoms with Gasteiger partial charge < -0.3 is 0 Å². The summed E-state index contributed by atoms with van der Waals surface area (Å²) in [6, 6.07) is 50.6. The molecular weight excluding hydrogens is 554 g/mol. The quantitative estimate of drug-likeness (QED) is 0.140. The van der Waals surface area contributed by atoms with Gasteiger partial charge in [0.1, 0.15) is 0 Å². The van der Waals surface area contributed by atoms with Crippen molar-refractivity contribution in [2.75, 3.05) is 5.90 Å². The maximum absolute atomic E-state index is 13.9. The van der Waals surface area contributed by atoms with Crippen molar-refractivity contribution in [3.63, 3.8) is 0 Å². The van der Waals surface area contributed by atoms with Crippen molar-refractivity contribution >= 4 is 63.5 Å². The summed E-state index contributed by atoms with van der Waals surface area (Å²) >= 11 is 3.50. The largest absolute Gasteiger partial charge is 0.289 e. The van der Waals surface area contributed by atoms with Crippen molar-refractivity contribution in [3.05, 3.63) is 156 Å². The van der Waals surface area contributed by atoms with Gasteiger partial charge in [0.25, 0.3) is 0 Å². The van der Waals surface area contributed by atoms with E-state index in [1.165, 1.54) is 21.2 Å². The van der Waals surface area contributed by atoms with Gasteiger partial charge >= 0.3 is 0 Å². The van der Waals surface area contributed by atoms with Crippen LogP contribution in [-0.4, -0.2) is 17.5 Å². The van der Waals surface area contributed by atoms with E-state index in [4.69, 9.17) is 0 Å². The van der Waals surface area contributed by atoms with E-state index in [0.29, 0.717) is 5.56 Å². The molecule has 4 heteroatoms. The molecule has 0 atom stereocenters. The molecule has 0 bridgehead atoms. The van der Waals surface area contributed by atoms with Crippen molar-refractivity contribution in [2.45, 2.75) is 0 Å². The van der Waals surface area contributed by atoms with E-state index in [9.17, 15) is 4.79 Å². The van der Waals surface area contributed by atoms with E-state index in [1.54, 1.807) is 0 Å². The Balaban J connectivity index is 1.77. The molecule has 0 fully saturated rings. The summed E-state index contributed by atoms with van der Waals surface area (Å²) in [5.74, 6) is 3.03. The normalized spacial score (nSPS) is 11.3. The summed E-state index contributed by atoms with van der Waals surface area (Å²) in [5.41, 5.74) is 0.711. The summed E-state index contributed by atoms with van der Waals surface area (Å²) < 4.78 is 0.966. The highest BCUT2D eigenvalue weighted by Gasteiger charge is 2.29. The molecule has 0 aliphatic rings. The fourth-order valence-corrected chi connectivity index (χ4v) is 13.4. The van der Waals surface area contributed by atoms with E-state index >= 15 is 0 Å². The molecule has 0 spiro atoms. The van der Waals surface area contributed by atoms with Crippen LogP contribution >= 0.6 is 30.7 Å². The second-order valence-corrected chi connectivity index (χ2v) is 15.7. The minimum Gasteiger partial charge on any atom is -0.289 e. The van der Waals surface area contributed by atoms with Gasteiger partial charge in [0.2, 0.25) is 0 Å². The average Bonchev–Trinajstić information content (AvgIpc) is 2.97. The predicted molar refractivity (Wildman–Crippen MR) is 168 cm³/mol. The number of hydrogen-bond donors (Lipinski definition) is 0. The monoisotopic (exact) mass is 580 g/mol. The fourth-order valence-electron chi connectivity index (χ4n) is 4.53. The molecule has 0 heterocycles.